The fraction of sp³-hybridized carbons (Fsp3) is 0.333. The Kier molecular flexibility index (Phi) is 5.39. The van der Waals surface area contributed by atoms with Crippen LogP contribution in [0.4, 0.5) is 13.2 Å². The van der Waals surface area contributed by atoms with Crippen LogP contribution in [0.5, 0.6) is 5.75 Å². The van der Waals surface area contributed by atoms with Crippen molar-refractivity contribution in [3.05, 3.63) is 29.1 Å². The summed E-state index contributed by atoms with van der Waals surface area (Å²) in [6, 6.07) is -0.265. The number of amides is 1. The van der Waals surface area contributed by atoms with Crippen molar-refractivity contribution < 1.29 is 28.3 Å². The van der Waals surface area contributed by atoms with Gasteiger partial charge in [-0.2, -0.15) is 4.39 Å². The first-order chi connectivity index (χ1) is 9.81. The molecular formula is C12H14F3N3O3. The van der Waals surface area contributed by atoms with Gasteiger partial charge in [-0.15, -0.1) is 0 Å². The first-order valence-electron chi connectivity index (χ1n) is 5.95. The van der Waals surface area contributed by atoms with Gasteiger partial charge in [0.05, 0.1) is 5.56 Å². The number of phenols is 1. The zero-order valence-electron chi connectivity index (χ0n) is 11.0. The van der Waals surface area contributed by atoms with E-state index in [-0.39, 0.29) is 12.3 Å². The van der Waals surface area contributed by atoms with Crippen LogP contribution in [0.1, 0.15) is 30.1 Å². The standard InChI is InChI=1S/C12H14F3N3O3/c1-2-5(3-8(16)18-21)17-12(20)6-4-7(13)10(15)11(19)9(6)14/h4-5,19,21H,2-3H2,1H3,(H2,16,18)(H,17,20). The van der Waals surface area contributed by atoms with Gasteiger partial charge in [-0.05, 0) is 12.5 Å². The van der Waals surface area contributed by atoms with Crippen molar-refractivity contribution in [2.24, 2.45) is 10.9 Å². The van der Waals surface area contributed by atoms with Crippen molar-refractivity contribution in [3.63, 3.8) is 0 Å². The molecule has 0 radical (unpaired) electrons. The Labute approximate surface area is 118 Å². The Morgan fingerprint density at radius 2 is 2.05 bits per heavy atom. The number of nitrogens with one attached hydrogen (secondary N) is 1. The molecule has 0 heterocycles. The first kappa shape index (κ1) is 16.6. The SMILES string of the molecule is CCC(CC(N)=NO)NC(=O)c1cc(F)c(F)c(O)c1F. The maximum Gasteiger partial charge on any atom is 0.254 e. The highest BCUT2D eigenvalue weighted by Crippen LogP contribution is 2.25. The smallest absolute Gasteiger partial charge is 0.254 e. The van der Waals surface area contributed by atoms with Gasteiger partial charge < -0.3 is 21.4 Å². The molecule has 0 saturated carbocycles. The van der Waals surface area contributed by atoms with E-state index in [1.165, 1.54) is 0 Å². The van der Waals surface area contributed by atoms with E-state index in [0.29, 0.717) is 12.5 Å². The number of benzene rings is 1. The normalized spacial score (nSPS) is 13.0. The molecule has 5 N–H and O–H groups in total. The third-order valence-corrected chi connectivity index (χ3v) is 2.79. The Morgan fingerprint density at radius 3 is 2.57 bits per heavy atom. The molecule has 1 aromatic rings. The van der Waals surface area contributed by atoms with Crippen molar-refractivity contribution in [2.45, 2.75) is 25.8 Å². The van der Waals surface area contributed by atoms with E-state index >= 15 is 0 Å². The average molecular weight is 305 g/mol. The molecule has 1 amide bonds. The minimum absolute atomic E-state index is 0.0178. The van der Waals surface area contributed by atoms with Crippen LogP contribution in [0.3, 0.4) is 0 Å². The molecule has 9 heteroatoms. The molecule has 6 nitrogen and oxygen atoms in total. The summed E-state index contributed by atoms with van der Waals surface area (Å²) in [5, 5.41) is 22.5. The highest BCUT2D eigenvalue weighted by Gasteiger charge is 2.24. The summed E-state index contributed by atoms with van der Waals surface area (Å²) in [5.74, 6) is -7.67. The summed E-state index contributed by atoms with van der Waals surface area (Å²) in [5.41, 5.74) is 4.44. The minimum atomic E-state index is -1.77. The van der Waals surface area contributed by atoms with Crippen LogP contribution in [0.15, 0.2) is 11.2 Å². The van der Waals surface area contributed by atoms with Crippen molar-refractivity contribution >= 4 is 11.7 Å². The molecule has 1 aromatic carbocycles. The molecular weight excluding hydrogens is 291 g/mol. The average Bonchev–Trinajstić information content (AvgIpc) is 2.47. The molecule has 0 aliphatic heterocycles. The van der Waals surface area contributed by atoms with Gasteiger partial charge in [0.2, 0.25) is 5.82 Å². The van der Waals surface area contributed by atoms with Gasteiger partial charge >= 0.3 is 0 Å². The van der Waals surface area contributed by atoms with Crippen LogP contribution in [0.25, 0.3) is 0 Å². The number of oxime groups is 1. The molecule has 0 bridgehead atoms. The summed E-state index contributed by atoms with van der Waals surface area (Å²) < 4.78 is 39.6. The second-order valence-electron chi connectivity index (χ2n) is 4.26. The van der Waals surface area contributed by atoms with Crippen LogP contribution in [0, 0.1) is 17.5 Å². The molecule has 116 valence electrons. The van der Waals surface area contributed by atoms with E-state index in [2.05, 4.69) is 10.5 Å². The molecule has 1 atom stereocenters. The summed E-state index contributed by atoms with van der Waals surface area (Å²) in [4.78, 5) is 11.8. The van der Waals surface area contributed by atoms with Gasteiger partial charge in [0, 0.05) is 12.5 Å². The van der Waals surface area contributed by atoms with Crippen molar-refractivity contribution in [3.8, 4) is 5.75 Å². The zero-order valence-corrected chi connectivity index (χ0v) is 11.0. The number of carbonyl (C=O) groups excluding carboxylic acids is 1. The Bertz CT molecular complexity index is 579. The van der Waals surface area contributed by atoms with Crippen molar-refractivity contribution in [1.82, 2.24) is 5.32 Å². The molecule has 21 heavy (non-hydrogen) atoms. The highest BCUT2D eigenvalue weighted by atomic mass is 19.2. The molecule has 0 aromatic heterocycles. The maximum atomic E-state index is 13.6. The van der Waals surface area contributed by atoms with Gasteiger partial charge in [-0.3, -0.25) is 4.79 Å². The number of halogens is 3. The number of aromatic hydroxyl groups is 1. The number of amidine groups is 1. The first-order valence-corrected chi connectivity index (χ1v) is 5.95. The van der Waals surface area contributed by atoms with E-state index in [1.807, 2.05) is 0 Å². The highest BCUT2D eigenvalue weighted by molar-refractivity contribution is 5.95. The number of nitrogens with zero attached hydrogens (tertiary/aromatic N) is 1. The summed E-state index contributed by atoms with van der Waals surface area (Å²) in [6.07, 6.45) is 0.343. The van der Waals surface area contributed by atoms with Gasteiger partial charge in [0.15, 0.2) is 17.4 Å². The largest absolute Gasteiger partial charge is 0.503 e. The monoisotopic (exact) mass is 305 g/mol. The molecule has 0 spiro atoms. The lowest BCUT2D eigenvalue weighted by Gasteiger charge is -2.16. The number of nitrogens with two attached hydrogens (primary N) is 1. The molecule has 0 fully saturated rings. The van der Waals surface area contributed by atoms with E-state index in [0.717, 1.165) is 0 Å². The number of rotatable bonds is 5. The summed E-state index contributed by atoms with van der Waals surface area (Å²) in [6.45, 7) is 1.68. The van der Waals surface area contributed by atoms with E-state index in [1.54, 1.807) is 6.92 Å². The second-order valence-corrected chi connectivity index (χ2v) is 4.26. The fourth-order valence-corrected chi connectivity index (χ4v) is 1.61. The van der Waals surface area contributed by atoms with Gasteiger partial charge in [-0.1, -0.05) is 12.1 Å². The number of carbonyl (C=O) groups is 1. The van der Waals surface area contributed by atoms with E-state index in [9.17, 15) is 18.0 Å². The molecule has 0 saturated heterocycles. The van der Waals surface area contributed by atoms with Gasteiger partial charge in [-0.25, -0.2) is 8.78 Å². The number of hydrogen-bond donors (Lipinski definition) is 4. The Hall–Kier alpha value is -2.45. The Morgan fingerprint density at radius 1 is 1.43 bits per heavy atom. The van der Waals surface area contributed by atoms with Crippen LogP contribution in [-0.4, -0.2) is 28.1 Å². The fourth-order valence-electron chi connectivity index (χ4n) is 1.61. The lowest BCUT2D eigenvalue weighted by atomic mass is 10.1. The summed E-state index contributed by atoms with van der Waals surface area (Å²) in [7, 11) is 0. The molecule has 0 aliphatic rings. The van der Waals surface area contributed by atoms with Crippen LogP contribution >= 0.6 is 0 Å². The minimum Gasteiger partial charge on any atom is -0.503 e. The lowest BCUT2D eigenvalue weighted by Crippen LogP contribution is -2.38. The molecule has 0 aliphatic carbocycles. The third-order valence-electron chi connectivity index (χ3n) is 2.79. The Balaban J connectivity index is 2.99. The van der Waals surface area contributed by atoms with E-state index in [4.69, 9.17) is 16.0 Å². The summed E-state index contributed by atoms with van der Waals surface area (Å²) >= 11 is 0. The molecule has 1 unspecified atom stereocenters. The van der Waals surface area contributed by atoms with Crippen LogP contribution in [0.2, 0.25) is 0 Å². The zero-order chi connectivity index (χ0) is 16.2. The van der Waals surface area contributed by atoms with E-state index < -0.39 is 40.7 Å². The third kappa shape index (κ3) is 3.77. The predicted molar refractivity (Wildman–Crippen MR) is 67.6 cm³/mol. The van der Waals surface area contributed by atoms with Crippen LogP contribution < -0.4 is 11.1 Å². The van der Waals surface area contributed by atoms with Gasteiger partial charge in [0.25, 0.3) is 5.91 Å². The van der Waals surface area contributed by atoms with Gasteiger partial charge in [0.1, 0.15) is 5.84 Å². The number of hydrogen-bond acceptors (Lipinski definition) is 4. The van der Waals surface area contributed by atoms with Crippen molar-refractivity contribution in [2.75, 3.05) is 0 Å². The van der Waals surface area contributed by atoms with Crippen LogP contribution in [-0.2, 0) is 0 Å². The predicted octanol–water partition coefficient (Wildman–Crippen LogP) is 1.45. The molecule has 1 rings (SSSR count). The topological polar surface area (TPSA) is 108 Å². The second kappa shape index (κ2) is 6.82. The maximum absolute atomic E-state index is 13.6. The lowest BCUT2D eigenvalue weighted by molar-refractivity contribution is 0.0931. The van der Waals surface area contributed by atoms with Crippen molar-refractivity contribution in [1.29, 1.82) is 0 Å². The quantitative estimate of drug-likeness (QED) is 0.217. The number of phenolic OH excluding ortho intramolecular Hbond substituents is 1.